The molecule has 0 aliphatic heterocycles. The van der Waals surface area contributed by atoms with Crippen LogP contribution in [0.4, 0.5) is 0 Å². The van der Waals surface area contributed by atoms with Crippen LogP contribution in [-0.4, -0.2) is 46.0 Å². The van der Waals surface area contributed by atoms with Gasteiger partial charge in [-0.2, -0.15) is 0 Å². The molecular formula is C17H29N3O3. The molecule has 1 heterocycles. The summed E-state index contributed by atoms with van der Waals surface area (Å²) in [5.74, 6) is -0.0696. The standard InChI is InChI=1S/C17H29N3O3/c1-4-15(5-2)17(22)20(12-8-16(21)23-6-3)11-7-10-19-13-9-18-14-19/h9,13-15H,4-8,10-12H2,1-3H3. The summed E-state index contributed by atoms with van der Waals surface area (Å²) < 4.78 is 6.95. The Labute approximate surface area is 138 Å². The van der Waals surface area contributed by atoms with Crippen LogP contribution in [0.5, 0.6) is 0 Å². The molecule has 1 aromatic rings. The Bertz CT molecular complexity index is 456. The van der Waals surface area contributed by atoms with Gasteiger partial charge in [0.25, 0.3) is 0 Å². The fraction of sp³-hybridized carbons (Fsp3) is 0.706. The van der Waals surface area contributed by atoms with Crippen LogP contribution >= 0.6 is 0 Å². The third-order valence-corrected chi connectivity index (χ3v) is 3.94. The molecular weight excluding hydrogens is 294 g/mol. The Kier molecular flexibility index (Phi) is 9.02. The Morgan fingerprint density at radius 2 is 1.96 bits per heavy atom. The first kappa shape index (κ1) is 19.2. The van der Waals surface area contributed by atoms with Crippen LogP contribution in [0.2, 0.25) is 0 Å². The van der Waals surface area contributed by atoms with Crippen LogP contribution < -0.4 is 0 Å². The van der Waals surface area contributed by atoms with E-state index in [1.165, 1.54) is 0 Å². The van der Waals surface area contributed by atoms with Gasteiger partial charge in [-0.1, -0.05) is 13.8 Å². The number of aryl methyl sites for hydroxylation is 1. The summed E-state index contributed by atoms with van der Waals surface area (Å²) in [6.45, 7) is 8.11. The Morgan fingerprint density at radius 3 is 2.52 bits per heavy atom. The van der Waals surface area contributed by atoms with Gasteiger partial charge in [-0.25, -0.2) is 4.98 Å². The number of aromatic nitrogens is 2. The topological polar surface area (TPSA) is 64.4 Å². The average Bonchev–Trinajstić information content (AvgIpc) is 3.05. The number of ether oxygens (including phenoxy) is 1. The van der Waals surface area contributed by atoms with E-state index in [0.717, 1.165) is 25.8 Å². The van der Waals surface area contributed by atoms with E-state index < -0.39 is 0 Å². The van der Waals surface area contributed by atoms with Gasteiger partial charge in [-0.3, -0.25) is 9.59 Å². The highest BCUT2D eigenvalue weighted by atomic mass is 16.5. The average molecular weight is 323 g/mol. The number of imidazole rings is 1. The van der Waals surface area contributed by atoms with E-state index in [1.54, 1.807) is 19.4 Å². The van der Waals surface area contributed by atoms with Gasteiger partial charge in [0.15, 0.2) is 0 Å². The zero-order valence-corrected chi connectivity index (χ0v) is 14.5. The molecule has 0 bridgehead atoms. The molecule has 0 unspecified atom stereocenters. The Hall–Kier alpha value is -1.85. The van der Waals surface area contributed by atoms with Crippen LogP contribution in [0.3, 0.4) is 0 Å². The molecule has 0 radical (unpaired) electrons. The summed E-state index contributed by atoms with van der Waals surface area (Å²) in [5.41, 5.74) is 0. The first-order chi connectivity index (χ1) is 11.1. The molecule has 1 aromatic heterocycles. The summed E-state index contributed by atoms with van der Waals surface area (Å²) in [6, 6.07) is 0. The van der Waals surface area contributed by atoms with Crippen molar-refractivity contribution < 1.29 is 14.3 Å². The van der Waals surface area contributed by atoms with Crippen molar-refractivity contribution in [3.63, 3.8) is 0 Å². The minimum Gasteiger partial charge on any atom is -0.466 e. The maximum absolute atomic E-state index is 12.6. The lowest BCUT2D eigenvalue weighted by atomic mass is 10.0. The van der Waals surface area contributed by atoms with Gasteiger partial charge in [0, 0.05) is 37.9 Å². The molecule has 130 valence electrons. The molecule has 0 saturated heterocycles. The number of hydrogen-bond donors (Lipinski definition) is 0. The molecule has 0 atom stereocenters. The van der Waals surface area contributed by atoms with Crippen LogP contribution in [0.15, 0.2) is 18.7 Å². The highest BCUT2D eigenvalue weighted by Crippen LogP contribution is 2.13. The van der Waals surface area contributed by atoms with Gasteiger partial charge in [0.05, 0.1) is 19.4 Å². The normalized spacial score (nSPS) is 10.8. The zero-order chi connectivity index (χ0) is 17.1. The van der Waals surface area contributed by atoms with Crippen LogP contribution in [0, 0.1) is 5.92 Å². The minimum absolute atomic E-state index is 0.0328. The second-order valence-electron chi connectivity index (χ2n) is 5.55. The second kappa shape index (κ2) is 10.8. The van der Waals surface area contributed by atoms with E-state index in [2.05, 4.69) is 4.98 Å². The molecule has 0 fully saturated rings. The van der Waals surface area contributed by atoms with E-state index in [9.17, 15) is 9.59 Å². The molecule has 1 amide bonds. The molecule has 0 aliphatic rings. The van der Waals surface area contributed by atoms with Gasteiger partial charge in [0.1, 0.15) is 0 Å². The molecule has 6 nitrogen and oxygen atoms in total. The fourth-order valence-electron chi connectivity index (χ4n) is 2.55. The van der Waals surface area contributed by atoms with Gasteiger partial charge in [0.2, 0.25) is 5.91 Å². The van der Waals surface area contributed by atoms with Crippen molar-refractivity contribution in [2.75, 3.05) is 19.7 Å². The van der Waals surface area contributed by atoms with Crippen molar-refractivity contribution >= 4 is 11.9 Å². The molecule has 0 aliphatic carbocycles. The highest BCUT2D eigenvalue weighted by molar-refractivity contribution is 5.79. The van der Waals surface area contributed by atoms with Crippen molar-refractivity contribution in [2.24, 2.45) is 5.92 Å². The number of nitrogens with zero attached hydrogens (tertiary/aromatic N) is 3. The number of carbonyl (C=O) groups is 2. The third-order valence-electron chi connectivity index (χ3n) is 3.94. The van der Waals surface area contributed by atoms with Crippen molar-refractivity contribution in [1.82, 2.24) is 14.5 Å². The lowest BCUT2D eigenvalue weighted by molar-refractivity contribution is -0.144. The summed E-state index contributed by atoms with van der Waals surface area (Å²) >= 11 is 0. The second-order valence-corrected chi connectivity index (χ2v) is 5.55. The maximum atomic E-state index is 12.6. The monoisotopic (exact) mass is 323 g/mol. The highest BCUT2D eigenvalue weighted by Gasteiger charge is 2.22. The van der Waals surface area contributed by atoms with Gasteiger partial charge in [-0.15, -0.1) is 0 Å². The van der Waals surface area contributed by atoms with Crippen LogP contribution in [0.1, 0.15) is 46.5 Å². The van der Waals surface area contributed by atoms with Gasteiger partial charge in [-0.05, 0) is 26.2 Å². The molecule has 0 spiro atoms. The molecule has 1 rings (SSSR count). The largest absolute Gasteiger partial charge is 0.466 e. The molecule has 23 heavy (non-hydrogen) atoms. The number of hydrogen-bond acceptors (Lipinski definition) is 4. The van der Waals surface area contributed by atoms with E-state index in [4.69, 9.17) is 4.74 Å². The Morgan fingerprint density at radius 1 is 1.22 bits per heavy atom. The zero-order valence-electron chi connectivity index (χ0n) is 14.5. The molecule has 0 N–H and O–H groups in total. The van der Waals surface area contributed by atoms with Crippen molar-refractivity contribution in [1.29, 1.82) is 0 Å². The minimum atomic E-state index is -0.246. The van der Waals surface area contributed by atoms with Crippen molar-refractivity contribution in [3.05, 3.63) is 18.7 Å². The summed E-state index contributed by atoms with van der Waals surface area (Å²) in [6.07, 6.45) is 8.17. The number of amides is 1. The Balaban J connectivity index is 2.55. The van der Waals surface area contributed by atoms with E-state index >= 15 is 0 Å². The van der Waals surface area contributed by atoms with Crippen LogP contribution in [-0.2, 0) is 20.9 Å². The van der Waals surface area contributed by atoms with E-state index in [-0.39, 0.29) is 24.2 Å². The van der Waals surface area contributed by atoms with E-state index in [0.29, 0.717) is 19.7 Å². The quantitative estimate of drug-likeness (QED) is 0.587. The number of esters is 1. The first-order valence-corrected chi connectivity index (χ1v) is 8.52. The van der Waals surface area contributed by atoms with Gasteiger partial charge >= 0.3 is 5.97 Å². The molecule has 0 saturated carbocycles. The third kappa shape index (κ3) is 6.84. The number of rotatable bonds is 11. The smallest absolute Gasteiger partial charge is 0.307 e. The summed E-state index contributed by atoms with van der Waals surface area (Å²) in [4.78, 5) is 30.0. The van der Waals surface area contributed by atoms with E-state index in [1.807, 2.05) is 29.5 Å². The summed E-state index contributed by atoms with van der Waals surface area (Å²) in [5, 5.41) is 0. The SMILES string of the molecule is CCOC(=O)CCN(CCCn1ccnc1)C(=O)C(CC)CC. The van der Waals surface area contributed by atoms with Crippen LogP contribution in [0.25, 0.3) is 0 Å². The lowest BCUT2D eigenvalue weighted by Gasteiger charge is -2.26. The van der Waals surface area contributed by atoms with Gasteiger partial charge < -0.3 is 14.2 Å². The predicted molar refractivity (Wildman–Crippen MR) is 88.7 cm³/mol. The molecule has 6 heteroatoms. The maximum Gasteiger partial charge on any atom is 0.307 e. The first-order valence-electron chi connectivity index (χ1n) is 8.52. The number of carbonyl (C=O) groups excluding carboxylic acids is 2. The predicted octanol–water partition coefficient (Wildman–Crippen LogP) is 2.49. The van der Waals surface area contributed by atoms with Crippen molar-refractivity contribution in [3.8, 4) is 0 Å². The fourth-order valence-corrected chi connectivity index (χ4v) is 2.55. The van der Waals surface area contributed by atoms with Crippen molar-refractivity contribution in [2.45, 2.75) is 53.0 Å². The lowest BCUT2D eigenvalue weighted by Crippen LogP contribution is -2.38. The summed E-state index contributed by atoms with van der Waals surface area (Å²) in [7, 11) is 0. The molecule has 0 aromatic carbocycles.